The van der Waals surface area contributed by atoms with Crippen molar-refractivity contribution in [3.8, 4) is 0 Å². The lowest BCUT2D eigenvalue weighted by Crippen LogP contribution is -2.03. The zero-order chi connectivity index (χ0) is 12.6. The summed E-state index contributed by atoms with van der Waals surface area (Å²) in [6.45, 7) is 12.9. The van der Waals surface area contributed by atoms with E-state index in [9.17, 15) is 0 Å². The fourth-order valence-electron chi connectivity index (χ4n) is 1.15. The van der Waals surface area contributed by atoms with Crippen LogP contribution < -0.4 is 0 Å². The number of aliphatic hydroxyl groups is 1. The van der Waals surface area contributed by atoms with Crippen molar-refractivity contribution in [2.24, 2.45) is 5.92 Å². The van der Waals surface area contributed by atoms with Gasteiger partial charge in [-0.25, -0.2) is 0 Å². The second-order valence-corrected chi connectivity index (χ2v) is 3.71. The second kappa shape index (κ2) is 16.8. The van der Waals surface area contributed by atoms with Gasteiger partial charge in [0, 0.05) is 6.61 Å². The Morgan fingerprint density at radius 2 is 1.75 bits per heavy atom. The van der Waals surface area contributed by atoms with Gasteiger partial charge in [-0.1, -0.05) is 45.3 Å². The maximum atomic E-state index is 8.75. The molecule has 0 saturated carbocycles. The first-order valence-corrected chi connectivity index (χ1v) is 6.17. The van der Waals surface area contributed by atoms with E-state index < -0.39 is 0 Å². The fourth-order valence-corrected chi connectivity index (χ4v) is 1.15. The molecule has 16 heavy (non-hydrogen) atoms. The molecule has 0 spiro atoms. The number of hydrogen-bond acceptors (Lipinski definition) is 2. The standard InChI is InChI=1S/C8H18O.C6H10O/c1-3-5-6-8(4-2)7-9;1-3-5-7-6-4-2/h8-9H,3-7H2,1-2H3;3-4H,1-2,5-6H2. The lowest BCUT2D eigenvalue weighted by Gasteiger charge is -2.08. The van der Waals surface area contributed by atoms with E-state index in [1.165, 1.54) is 19.3 Å². The van der Waals surface area contributed by atoms with E-state index in [2.05, 4.69) is 27.0 Å². The van der Waals surface area contributed by atoms with Gasteiger partial charge in [-0.05, 0) is 12.3 Å². The average Bonchev–Trinajstić information content (AvgIpc) is 2.32. The predicted molar refractivity (Wildman–Crippen MR) is 71.6 cm³/mol. The number of aliphatic hydroxyl groups excluding tert-OH is 1. The van der Waals surface area contributed by atoms with E-state index in [-0.39, 0.29) is 0 Å². The van der Waals surface area contributed by atoms with Crippen LogP contribution in [0.25, 0.3) is 0 Å². The quantitative estimate of drug-likeness (QED) is 0.483. The van der Waals surface area contributed by atoms with Gasteiger partial charge in [-0.15, -0.1) is 13.2 Å². The molecule has 2 nitrogen and oxygen atoms in total. The van der Waals surface area contributed by atoms with Crippen LogP contribution in [-0.2, 0) is 4.74 Å². The van der Waals surface area contributed by atoms with Crippen LogP contribution in [0.3, 0.4) is 0 Å². The van der Waals surface area contributed by atoms with Gasteiger partial charge in [0.2, 0.25) is 0 Å². The van der Waals surface area contributed by atoms with E-state index in [4.69, 9.17) is 9.84 Å². The summed E-state index contributed by atoms with van der Waals surface area (Å²) in [4.78, 5) is 0. The molecule has 2 heteroatoms. The molecule has 0 aromatic carbocycles. The molecule has 0 fully saturated rings. The Bertz CT molecular complexity index is 132. The third-order valence-electron chi connectivity index (χ3n) is 2.27. The molecular formula is C14H28O2. The highest BCUT2D eigenvalue weighted by atomic mass is 16.5. The van der Waals surface area contributed by atoms with Gasteiger partial charge in [-0.3, -0.25) is 0 Å². The summed E-state index contributed by atoms with van der Waals surface area (Å²) in [5.74, 6) is 0.560. The minimum Gasteiger partial charge on any atom is -0.396 e. The SMILES string of the molecule is C=CCOCC=C.CCCCC(CC)CO. The second-order valence-electron chi connectivity index (χ2n) is 3.71. The molecular weight excluding hydrogens is 200 g/mol. The Kier molecular flexibility index (Phi) is 18.7. The molecule has 1 N–H and O–H groups in total. The Hall–Kier alpha value is -0.600. The molecule has 0 radical (unpaired) electrons. The molecule has 0 aromatic heterocycles. The highest BCUT2D eigenvalue weighted by Crippen LogP contribution is 2.10. The largest absolute Gasteiger partial charge is 0.396 e. The summed E-state index contributed by atoms with van der Waals surface area (Å²) in [5.41, 5.74) is 0. The number of hydrogen-bond donors (Lipinski definition) is 1. The van der Waals surface area contributed by atoms with Gasteiger partial charge in [0.1, 0.15) is 0 Å². The molecule has 0 bridgehead atoms. The zero-order valence-electron chi connectivity index (χ0n) is 11.0. The maximum absolute atomic E-state index is 8.75. The monoisotopic (exact) mass is 228 g/mol. The van der Waals surface area contributed by atoms with Gasteiger partial charge >= 0.3 is 0 Å². The molecule has 0 aromatic rings. The highest BCUT2D eigenvalue weighted by molar-refractivity contribution is 4.68. The van der Waals surface area contributed by atoms with Crippen LogP contribution in [0.2, 0.25) is 0 Å². The minimum atomic E-state index is 0.372. The van der Waals surface area contributed by atoms with Gasteiger partial charge in [0.05, 0.1) is 13.2 Å². The van der Waals surface area contributed by atoms with Crippen LogP contribution in [0.1, 0.15) is 39.5 Å². The number of ether oxygens (including phenoxy) is 1. The van der Waals surface area contributed by atoms with E-state index in [1.54, 1.807) is 12.2 Å². The summed E-state index contributed by atoms with van der Waals surface area (Å²) in [6.07, 6.45) is 8.25. The molecule has 1 unspecified atom stereocenters. The van der Waals surface area contributed by atoms with Crippen molar-refractivity contribution in [3.05, 3.63) is 25.3 Å². The Morgan fingerprint density at radius 1 is 1.19 bits per heavy atom. The average molecular weight is 228 g/mol. The van der Waals surface area contributed by atoms with Crippen LogP contribution in [0.15, 0.2) is 25.3 Å². The molecule has 0 aliphatic rings. The first-order valence-electron chi connectivity index (χ1n) is 6.17. The summed E-state index contributed by atoms with van der Waals surface area (Å²) < 4.78 is 4.90. The van der Waals surface area contributed by atoms with E-state index in [0.29, 0.717) is 25.7 Å². The molecule has 96 valence electrons. The van der Waals surface area contributed by atoms with Crippen LogP contribution in [0, 0.1) is 5.92 Å². The lowest BCUT2D eigenvalue weighted by atomic mass is 10.0. The van der Waals surface area contributed by atoms with Crippen molar-refractivity contribution in [1.29, 1.82) is 0 Å². The lowest BCUT2D eigenvalue weighted by molar-refractivity contribution is 0.194. The summed E-state index contributed by atoms with van der Waals surface area (Å²) in [6, 6.07) is 0. The Labute approximate surface area is 101 Å². The van der Waals surface area contributed by atoms with Crippen LogP contribution in [-0.4, -0.2) is 24.9 Å². The molecule has 0 aliphatic heterocycles. The van der Waals surface area contributed by atoms with Crippen molar-refractivity contribution in [3.63, 3.8) is 0 Å². The van der Waals surface area contributed by atoms with Crippen molar-refractivity contribution >= 4 is 0 Å². The number of rotatable bonds is 9. The first-order chi connectivity index (χ1) is 7.76. The fraction of sp³-hybridized carbons (Fsp3) is 0.714. The van der Waals surface area contributed by atoms with Crippen molar-refractivity contribution < 1.29 is 9.84 Å². The third-order valence-corrected chi connectivity index (χ3v) is 2.27. The maximum Gasteiger partial charge on any atom is 0.0649 e. The highest BCUT2D eigenvalue weighted by Gasteiger charge is 2.01. The van der Waals surface area contributed by atoms with Crippen LogP contribution >= 0.6 is 0 Å². The van der Waals surface area contributed by atoms with Crippen LogP contribution in [0.5, 0.6) is 0 Å². The molecule has 0 rings (SSSR count). The summed E-state index contributed by atoms with van der Waals surface area (Å²) in [7, 11) is 0. The van der Waals surface area contributed by atoms with E-state index in [0.717, 1.165) is 6.42 Å². The van der Waals surface area contributed by atoms with Gasteiger partial charge in [0.15, 0.2) is 0 Å². The smallest absolute Gasteiger partial charge is 0.0649 e. The zero-order valence-corrected chi connectivity index (χ0v) is 11.0. The third kappa shape index (κ3) is 15.9. The van der Waals surface area contributed by atoms with Gasteiger partial charge in [-0.2, -0.15) is 0 Å². The van der Waals surface area contributed by atoms with Gasteiger partial charge in [0.25, 0.3) is 0 Å². The Balaban J connectivity index is 0. The van der Waals surface area contributed by atoms with E-state index >= 15 is 0 Å². The molecule has 0 amide bonds. The molecule has 0 heterocycles. The summed E-state index contributed by atoms with van der Waals surface area (Å²) in [5, 5.41) is 8.75. The first kappa shape index (κ1) is 17.8. The summed E-state index contributed by atoms with van der Waals surface area (Å²) >= 11 is 0. The van der Waals surface area contributed by atoms with Crippen LogP contribution in [0.4, 0.5) is 0 Å². The van der Waals surface area contributed by atoms with E-state index in [1.807, 2.05) is 0 Å². The number of unbranched alkanes of at least 4 members (excludes halogenated alkanes) is 1. The minimum absolute atomic E-state index is 0.372. The molecule has 0 aliphatic carbocycles. The Morgan fingerprint density at radius 3 is 2.06 bits per heavy atom. The molecule has 1 atom stereocenters. The van der Waals surface area contributed by atoms with Crippen molar-refractivity contribution in [2.45, 2.75) is 39.5 Å². The topological polar surface area (TPSA) is 29.5 Å². The predicted octanol–water partition coefficient (Wildman–Crippen LogP) is 3.57. The normalized spacial score (nSPS) is 11.2. The van der Waals surface area contributed by atoms with Crippen molar-refractivity contribution in [2.75, 3.05) is 19.8 Å². The van der Waals surface area contributed by atoms with Crippen molar-refractivity contribution in [1.82, 2.24) is 0 Å². The van der Waals surface area contributed by atoms with Gasteiger partial charge < -0.3 is 9.84 Å². The molecule has 0 saturated heterocycles.